The number of aliphatic hydroxyl groups excluding tert-OH is 1. The normalized spacial score (nSPS) is 12.8. The molecular formula is C50H63F2N13O6Si2. The van der Waals surface area contributed by atoms with Crippen molar-refractivity contribution in [2.75, 3.05) is 33.0 Å². The number of carbonyl (C=O) groups is 2. The number of hydrogen-bond donors (Lipinski definition) is 3. The average molecular weight is 1040 g/mol. The first-order valence-electron chi connectivity index (χ1n) is 23.9. The first kappa shape index (κ1) is 54.0. The summed E-state index contributed by atoms with van der Waals surface area (Å²) in [4.78, 5) is 45.0. The fourth-order valence-corrected chi connectivity index (χ4v) is 9.27. The molecule has 0 unspecified atom stereocenters. The molecule has 0 radical (unpaired) electrons. The van der Waals surface area contributed by atoms with Crippen LogP contribution >= 0.6 is 0 Å². The summed E-state index contributed by atoms with van der Waals surface area (Å²) < 4.78 is 51.4. The quantitative estimate of drug-likeness (QED) is 0.0493. The minimum absolute atomic E-state index is 0.0505. The molecule has 0 bridgehead atoms. The van der Waals surface area contributed by atoms with Crippen LogP contribution in [0.4, 0.5) is 8.78 Å². The number of amides is 2. The van der Waals surface area contributed by atoms with Gasteiger partial charge in [0.15, 0.2) is 11.3 Å². The molecule has 0 saturated heterocycles. The Bertz CT molecular complexity index is 3320. The van der Waals surface area contributed by atoms with Crippen LogP contribution in [-0.2, 0) is 41.8 Å². The number of nitrogens with zero attached hydrogens (tertiary/aromatic N) is 11. The Morgan fingerprint density at radius 1 is 0.712 bits per heavy atom. The van der Waals surface area contributed by atoms with Crippen LogP contribution in [0.1, 0.15) is 34.6 Å². The Kier molecular flexibility index (Phi) is 17.0. The van der Waals surface area contributed by atoms with Crippen LogP contribution in [0.25, 0.3) is 66.9 Å². The Hall–Kier alpha value is -6.82. The molecule has 2 amide bonds. The number of ether oxygens (including phenoxy) is 3. The van der Waals surface area contributed by atoms with Crippen molar-refractivity contribution in [2.24, 2.45) is 14.1 Å². The van der Waals surface area contributed by atoms with E-state index < -0.39 is 22.2 Å². The zero-order valence-corrected chi connectivity index (χ0v) is 45.0. The number of aromatic nitrogens is 10. The second-order valence-electron chi connectivity index (χ2n) is 20.4. The highest BCUT2D eigenvalue weighted by molar-refractivity contribution is 6.76. The lowest BCUT2D eigenvalue weighted by Gasteiger charge is -2.15. The van der Waals surface area contributed by atoms with E-state index in [2.05, 4.69) is 70.1 Å². The van der Waals surface area contributed by atoms with Crippen LogP contribution in [0.2, 0.25) is 51.4 Å². The molecule has 0 spiro atoms. The molecule has 73 heavy (non-hydrogen) atoms. The number of nitrogens with one attached hydrogen (secondary N) is 2. The van der Waals surface area contributed by atoms with E-state index in [1.165, 1.54) is 24.3 Å². The lowest BCUT2D eigenvalue weighted by atomic mass is 10.1. The van der Waals surface area contributed by atoms with E-state index in [0.29, 0.717) is 80.5 Å². The van der Waals surface area contributed by atoms with Crippen LogP contribution in [0.5, 0.6) is 0 Å². The molecule has 6 heterocycles. The molecule has 0 aliphatic carbocycles. The number of aryl methyl sites for hydroxylation is 2. The van der Waals surface area contributed by atoms with Crippen molar-refractivity contribution in [1.82, 2.24) is 59.3 Å². The summed E-state index contributed by atoms with van der Waals surface area (Å²) in [7, 11) is 0.983. The summed E-state index contributed by atoms with van der Waals surface area (Å²) in [5, 5.41) is 34.2. The zero-order chi connectivity index (χ0) is 52.8. The Balaban J connectivity index is 0.000000214. The van der Waals surface area contributed by atoms with Gasteiger partial charge >= 0.3 is 0 Å². The maximum Gasteiger partial charge on any atom is 0.255 e. The van der Waals surface area contributed by atoms with Crippen molar-refractivity contribution in [3.05, 3.63) is 83.9 Å². The summed E-state index contributed by atoms with van der Waals surface area (Å²) in [6.45, 7) is 18.9. The van der Waals surface area contributed by atoms with Gasteiger partial charge in [-0.15, -0.1) is 0 Å². The van der Waals surface area contributed by atoms with Gasteiger partial charge in [0, 0.05) is 78.7 Å². The van der Waals surface area contributed by atoms with E-state index in [4.69, 9.17) is 29.4 Å². The standard InChI is InChI=1S/C26H32FN7O3Si.C24H31FN6O3Si/c1-17(15-36-9-8-28)30-26(35)20-14-34(16-37-10-11-38(3,4)5)25-24(20)31-21(13-29-25)23-19-7-6-18(27)12-22(19)33(2)32-23;1-15(13-32)27-24(33)18-12-31(14-34-8-9-35(3,4)5)23-22(18)28-19(11-26-23)21-17-7-6-16(25)10-20(17)30(2)29-21/h6-7,12-14,17H,9-11,15-16H2,1-5H3,(H,30,35);6-7,10-12,15,32H,8-9,13-14H2,1-5H3,(H,27,33)/t17-;15-/m00/s1. The van der Waals surface area contributed by atoms with Crippen LogP contribution in [0, 0.1) is 23.0 Å². The lowest BCUT2D eigenvalue weighted by molar-refractivity contribution is 0.0870. The molecular weight excluding hydrogens is 973 g/mol. The maximum absolute atomic E-state index is 13.8. The van der Waals surface area contributed by atoms with Gasteiger partial charge in [0.2, 0.25) is 0 Å². The molecule has 8 rings (SSSR count). The summed E-state index contributed by atoms with van der Waals surface area (Å²) in [5.74, 6) is -1.41. The number of benzene rings is 2. The van der Waals surface area contributed by atoms with Crippen molar-refractivity contribution in [2.45, 2.75) is 90.8 Å². The average Bonchev–Trinajstić information content (AvgIpc) is 4.08. The number of aliphatic hydroxyl groups is 1. The molecule has 2 aromatic carbocycles. The molecule has 386 valence electrons. The largest absolute Gasteiger partial charge is 0.394 e. The second kappa shape index (κ2) is 22.9. The first-order valence-corrected chi connectivity index (χ1v) is 31.4. The van der Waals surface area contributed by atoms with E-state index in [1.54, 1.807) is 83.4 Å². The Morgan fingerprint density at radius 3 is 1.56 bits per heavy atom. The SMILES string of the molecule is C[C@@H](CO)NC(=O)c1cn(COCC[Si](C)(C)C)c2ncc(-c3nn(C)c4cc(F)ccc34)nc12.C[C@@H](COCC#N)NC(=O)c1cn(COCC[Si](C)(C)C)c2ncc(-c3nn(C)c4cc(F)ccc34)nc12. The summed E-state index contributed by atoms with van der Waals surface area (Å²) >= 11 is 0. The third kappa shape index (κ3) is 13.2. The minimum atomic E-state index is -1.25. The van der Waals surface area contributed by atoms with Gasteiger partial charge in [0.1, 0.15) is 65.5 Å². The van der Waals surface area contributed by atoms with E-state index in [9.17, 15) is 23.5 Å². The zero-order valence-electron chi connectivity index (χ0n) is 43.0. The molecule has 6 aromatic heterocycles. The van der Waals surface area contributed by atoms with Crippen molar-refractivity contribution in [1.29, 1.82) is 5.26 Å². The topological polar surface area (TPSA) is 227 Å². The molecule has 0 fully saturated rings. The molecule has 0 aliphatic rings. The van der Waals surface area contributed by atoms with Crippen LogP contribution in [-0.4, -0.2) is 127 Å². The van der Waals surface area contributed by atoms with Gasteiger partial charge in [-0.3, -0.25) is 19.0 Å². The van der Waals surface area contributed by atoms with Crippen LogP contribution in [0.15, 0.2) is 61.2 Å². The van der Waals surface area contributed by atoms with E-state index >= 15 is 0 Å². The number of carbonyl (C=O) groups excluding carboxylic acids is 2. The highest BCUT2D eigenvalue weighted by atomic mass is 28.3. The molecule has 0 aliphatic heterocycles. The van der Waals surface area contributed by atoms with Crippen molar-refractivity contribution in [3.8, 4) is 28.8 Å². The van der Waals surface area contributed by atoms with Gasteiger partial charge in [-0.25, -0.2) is 28.7 Å². The molecule has 3 N–H and O–H groups in total. The molecule has 23 heteroatoms. The van der Waals surface area contributed by atoms with Crippen LogP contribution < -0.4 is 10.6 Å². The fourth-order valence-electron chi connectivity index (χ4n) is 7.75. The predicted octanol–water partition coefficient (Wildman–Crippen LogP) is 7.64. The third-order valence-electron chi connectivity index (χ3n) is 11.7. The van der Waals surface area contributed by atoms with Gasteiger partial charge in [-0.05, 0) is 62.3 Å². The molecule has 19 nitrogen and oxygen atoms in total. The number of fused-ring (bicyclic) bond motifs is 4. The van der Waals surface area contributed by atoms with Gasteiger partial charge in [0.05, 0.1) is 53.8 Å². The van der Waals surface area contributed by atoms with Gasteiger partial charge in [-0.2, -0.15) is 15.5 Å². The highest BCUT2D eigenvalue weighted by Crippen LogP contribution is 2.31. The lowest BCUT2D eigenvalue weighted by Crippen LogP contribution is -2.36. The Morgan fingerprint density at radius 2 is 1.15 bits per heavy atom. The van der Waals surface area contributed by atoms with Gasteiger partial charge in [0.25, 0.3) is 11.8 Å². The van der Waals surface area contributed by atoms with Crippen molar-refractivity contribution in [3.63, 3.8) is 0 Å². The van der Waals surface area contributed by atoms with Gasteiger partial charge < -0.3 is 39.1 Å². The van der Waals surface area contributed by atoms with E-state index in [-0.39, 0.29) is 62.8 Å². The number of halogens is 2. The van der Waals surface area contributed by atoms with E-state index in [0.717, 1.165) is 22.9 Å². The van der Waals surface area contributed by atoms with E-state index in [1.807, 2.05) is 6.07 Å². The number of hydrogen-bond acceptors (Lipinski definition) is 13. The van der Waals surface area contributed by atoms with Crippen molar-refractivity contribution < 1.29 is 37.7 Å². The maximum atomic E-state index is 13.8. The smallest absolute Gasteiger partial charge is 0.255 e. The van der Waals surface area contributed by atoms with Crippen molar-refractivity contribution >= 4 is 72.1 Å². The fraction of sp³-hybridized carbons (Fsp3) is 0.420. The minimum Gasteiger partial charge on any atom is -0.394 e. The molecule has 0 saturated carbocycles. The number of rotatable bonds is 20. The van der Waals surface area contributed by atoms with Crippen LogP contribution in [0.3, 0.4) is 0 Å². The Labute approximate surface area is 423 Å². The molecule has 2 atom stereocenters. The van der Waals surface area contributed by atoms with Gasteiger partial charge in [-0.1, -0.05) is 39.3 Å². The monoisotopic (exact) mass is 1040 g/mol. The number of nitriles is 1. The summed E-state index contributed by atoms with van der Waals surface area (Å²) in [6.07, 6.45) is 6.57. The summed E-state index contributed by atoms with van der Waals surface area (Å²) in [6, 6.07) is 12.1. The first-order chi connectivity index (χ1) is 34.6. The third-order valence-corrected chi connectivity index (χ3v) is 15.2. The molecule has 8 aromatic rings. The highest BCUT2D eigenvalue weighted by Gasteiger charge is 2.24. The second-order valence-corrected chi connectivity index (χ2v) is 31.7. The predicted molar refractivity (Wildman–Crippen MR) is 280 cm³/mol. The summed E-state index contributed by atoms with van der Waals surface area (Å²) in [5.41, 5.74) is 5.76.